The van der Waals surface area contributed by atoms with Crippen molar-refractivity contribution >= 4 is 46.6 Å². The molecule has 0 fully saturated rings. The van der Waals surface area contributed by atoms with Gasteiger partial charge in [-0.3, -0.25) is 9.36 Å². The number of hydrogen-bond acceptors (Lipinski definition) is 6. The monoisotopic (exact) mass is 530 g/mol. The fourth-order valence-electron chi connectivity index (χ4n) is 3.93. The maximum Gasteiger partial charge on any atom is 0.338 e. The second kappa shape index (κ2) is 10.4. The van der Waals surface area contributed by atoms with Gasteiger partial charge in [-0.05, 0) is 52.0 Å². The van der Waals surface area contributed by atoms with E-state index in [0.717, 1.165) is 0 Å². The third-order valence-corrected chi connectivity index (χ3v) is 7.01. The average molecular weight is 531 g/mol. The highest BCUT2D eigenvalue weighted by Gasteiger charge is 2.35. The summed E-state index contributed by atoms with van der Waals surface area (Å²) in [6.07, 6.45) is 1.55. The fraction of sp³-hybridized carbons (Fsp3) is 0.269. The maximum atomic E-state index is 13.8. The first-order valence-electron chi connectivity index (χ1n) is 11.1. The van der Waals surface area contributed by atoms with Gasteiger partial charge in [0.2, 0.25) is 0 Å². The van der Waals surface area contributed by atoms with E-state index in [1.165, 1.54) is 15.9 Å². The molecule has 2 aromatic carbocycles. The number of hydrogen-bond donors (Lipinski definition) is 0. The van der Waals surface area contributed by atoms with Gasteiger partial charge in [0, 0.05) is 21.2 Å². The molecule has 182 valence electrons. The molecular formula is C26H24Cl2N2O4S. The maximum absolute atomic E-state index is 13.8. The number of allylic oxidation sites excluding steroid dienone is 1. The van der Waals surface area contributed by atoms with E-state index in [9.17, 15) is 9.59 Å². The van der Waals surface area contributed by atoms with Gasteiger partial charge in [0.05, 0.1) is 28.5 Å². The summed E-state index contributed by atoms with van der Waals surface area (Å²) in [5, 5.41) is 0.859. The van der Waals surface area contributed by atoms with E-state index in [4.69, 9.17) is 32.7 Å². The summed E-state index contributed by atoms with van der Waals surface area (Å²) < 4.78 is 13.3. The third kappa shape index (κ3) is 4.94. The Morgan fingerprint density at radius 2 is 1.86 bits per heavy atom. The minimum Gasteiger partial charge on any atom is -0.491 e. The summed E-state index contributed by atoms with van der Waals surface area (Å²) in [5.41, 5.74) is 1.67. The summed E-state index contributed by atoms with van der Waals surface area (Å²) in [6.45, 7) is 7.52. The number of carbonyl (C=O) groups is 1. The molecule has 0 saturated heterocycles. The molecule has 6 nitrogen and oxygen atoms in total. The van der Waals surface area contributed by atoms with Crippen molar-refractivity contribution in [2.75, 3.05) is 6.61 Å². The lowest BCUT2D eigenvalue weighted by Crippen LogP contribution is -2.40. The smallest absolute Gasteiger partial charge is 0.338 e. The summed E-state index contributed by atoms with van der Waals surface area (Å²) in [7, 11) is 0. The molecule has 35 heavy (non-hydrogen) atoms. The Hall–Kier alpha value is -2.87. The molecule has 0 bridgehead atoms. The molecule has 1 aliphatic rings. The molecule has 0 saturated carbocycles. The van der Waals surface area contributed by atoms with Crippen LogP contribution in [0.5, 0.6) is 5.75 Å². The lowest BCUT2D eigenvalue weighted by Gasteiger charge is -2.26. The van der Waals surface area contributed by atoms with Crippen LogP contribution in [0.25, 0.3) is 6.08 Å². The average Bonchev–Trinajstić information content (AvgIpc) is 3.10. The van der Waals surface area contributed by atoms with E-state index < -0.39 is 12.0 Å². The highest BCUT2D eigenvalue weighted by molar-refractivity contribution is 7.07. The molecular weight excluding hydrogens is 507 g/mol. The molecule has 1 aliphatic heterocycles. The molecule has 1 aromatic heterocycles. The van der Waals surface area contributed by atoms with Crippen LogP contribution in [0.3, 0.4) is 0 Å². The van der Waals surface area contributed by atoms with Gasteiger partial charge in [0.15, 0.2) is 4.80 Å². The van der Waals surface area contributed by atoms with E-state index in [2.05, 4.69) is 4.99 Å². The standard InChI is InChI=1S/C26H24Cl2N2O4S/c1-5-33-25(32)22-15(4)29-26-30(23(22)16-9-6-7-12-20(16)34-14(2)3)24(31)21(35-26)13-17-18(27)10-8-11-19(17)28/h6-14,23H,5H2,1-4H3/b21-13-/t23-/m0/s1. The lowest BCUT2D eigenvalue weighted by atomic mass is 9.95. The van der Waals surface area contributed by atoms with E-state index in [-0.39, 0.29) is 18.3 Å². The van der Waals surface area contributed by atoms with E-state index in [1.54, 1.807) is 38.1 Å². The number of benzene rings is 2. The molecule has 3 aromatic rings. The number of rotatable bonds is 6. The van der Waals surface area contributed by atoms with Crippen LogP contribution >= 0.6 is 34.5 Å². The lowest BCUT2D eigenvalue weighted by molar-refractivity contribution is -0.139. The van der Waals surface area contributed by atoms with Crippen molar-refractivity contribution in [2.45, 2.75) is 39.8 Å². The van der Waals surface area contributed by atoms with Gasteiger partial charge < -0.3 is 9.47 Å². The first kappa shape index (κ1) is 25.2. The number of thiazole rings is 1. The van der Waals surface area contributed by atoms with Crippen molar-refractivity contribution in [3.05, 3.63) is 94.6 Å². The minimum absolute atomic E-state index is 0.106. The van der Waals surface area contributed by atoms with Gasteiger partial charge in [-0.15, -0.1) is 0 Å². The summed E-state index contributed by atoms with van der Waals surface area (Å²) >= 11 is 13.9. The SMILES string of the molecule is CCOC(=O)C1=C(C)N=c2s/c(=C\c3c(Cl)cccc3Cl)c(=O)n2[C@H]1c1ccccc1OC(C)C. The van der Waals surface area contributed by atoms with Crippen LogP contribution < -0.4 is 19.6 Å². The molecule has 0 unspecified atom stereocenters. The fourth-order valence-corrected chi connectivity index (χ4v) is 5.47. The molecule has 9 heteroatoms. The number of esters is 1. The summed E-state index contributed by atoms with van der Waals surface area (Å²) in [4.78, 5) is 31.9. The minimum atomic E-state index is -0.774. The number of aromatic nitrogens is 1. The van der Waals surface area contributed by atoms with E-state index >= 15 is 0 Å². The first-order valence-corrected chi connectivity index (χ1v) is 12.7. The first-order chi connectivity index (χ1) is 16.7. The Labute approximate surface area is 216 Å². The van der Waals surface area contributed by atoms with Crippen molar-refractivity contribution in [3.63, 3.8) is 0 Å². The summed E-state index contributed by atoms with van der Waals surface area (Å²) in [5.74, 6) is 0.0502. The van der Waals surface area contributed by atoms with Crippen LogP contribution in [0, 0.1) is 0 Å². The zero-order valence-electron chi connectivity index (χ0n) is 19.7. The highest BCUT2D eigenvalue weighted by atomic mass is 35.5. The number of nitrogens with zero attached hydrogens (tertiary/aromatic N) is 2. The number of ether oxygens (including phenoxy) is 2. The van der Waals surface area contributed by atoms with Gasteiger partial charge in [-0.2, -0.15) is 0 Å². The van der Waals surface area contributed by atoms with Gasteiger partial charge in [0.1, 0.15) is 11.8 Å². The van der Waals surface area contributed by atoms with Crippen molar-refractivity contribution in [3.8, 4) is 5.75 Å². The number of para-hydroxylation sites is 1. The normalized spacial score (nSPS) is 15.7. The van der Waals surface area contributed by atoms with Crippen LogP contribution in [0.1, 0.15) is 44.9 Å². The van der Waals surface area contributed by atoms with Crippen LogP contribution in [-0.4, -0.2) is 23.2 Å². The van der Waals surface area contributed by atoms with Crippen molar-refractivity contribution in [2.24, 2.45) is 4.99 Å². The molecule has 2 heterocycles. The van der Waals surface area contributed by atoms with Crippen molar-refractivity contribution < 1.29 is 14.3 Å². The Kier molecular flexibility index (Phi) is 7.50. The molecule has 0 N–H and O–H groups in total. The van der Waals surface area contributed by atoms with Gasteiger partial charge in [-0.25, -0.2) is 9.79 Å². The largest absolute Gasteiger partial charge is 0.491 e. The Morgan fingerprint density at radius 3 is 2.51 bits per heavy atom. The number of carbonyl (C=O) groups excluding carboxylic acids is 1. The van der Waals surface area contributed by atoms with Gasteiger partial charge in [-0.1, -0.05) is 58.8 Å². The molecule has 4 rings (SSSR count). The third-order valence-electron chi connectivity index (χ3n) is 5.37. The van der Waals surface area contributed by atoms with Crippen LogP contribution in [-0.2, 0) is 9.53 Å². The molecule has 1 atom stereocenters. The Morgan fingerprint density at radius 1 is 1.17 bits per heavy atom. The number of fused-ring (bicyclic) bond motifs is 1. The Balaban J connectivity index is 2.02. The highest BCUT2D eigenvalue weighted by Crippen LogP contribution is 2.36. The van der Waals surface area contributed by atoms with Gasteiger partial charge in [0.25, 0.3) is 5.56 Å². The predicted molar refractivity (Wildman–Crippen MR) is 139 cm³/mol. The quantitative estimate of drug-likeness (QED) is 0.425. The molecule has 0 amide bonds. The predicted octanol–water partition coefficient (Wildman–Crippen LogP) is 4.89. The topological polar surface area (TPSA) is 69.9 Å². The zero-order chi connectivity index (χ0) is 25.3. The second-order valence-electron chi connectivity index (χ2n) is 8.14. The Bertz CT molecular complexity index is 1480. The second-order valence-corrected chi connectivity index (χ2v) is 9.97. The molecule has 0 spiro atoms. The van der Waals surface area contributed by atoms with E-state index in [0.29, 0.717) is 47.5 Å². The van der Waals surface area contributed by atoms with Crippen LogP contribution in [0.2, 0.25) is 10.0 Å². The number of halogens is 2. The molecule has 0 radical (unpaired) electrons. The van der Waals surface area contributed by atoms with Crippen LogP contribution in [0.4, 0.5) is 0 Å². The van der Waals surface area contributed by atoms with Crippen molar-refractivity contribution in [1.82, 2.24) is 4.57 Å². The summed E-state index contributed by atoms with van der Waals surface area (Å²) in [6, 6.07) is 11.8. The van der Waals surface area contributed by atoms with Crippen molar-refractivity contribution in [1.29, 1.82) is 0 Å². The van der Waals surface area contributed by atoms with Crippen LogP contribution in [0.15, 0.2) is 63.5 Å². The van der Waals surface area contributed by atoms with Gasteiger partial charge >= 0.3 is 5.97 Å². The van der Waals surface area contributed by atoms with E-state index in [1.807, 2.05) is 38.1 Å². The molecule has 0 aliphatic carbocycles. The zero-order valence-corrected chi connectivity index (χ0v) is 22.0.